The van der Waals surface area contributed by atoms with Gasteiger partial charge in [0.05, 0.1) is 12.3 Å². The van der Waals surface area contributed by atoms with Gasteiger partial charge in [-0.2, -0.15) is 0 Å². The monoisotopic (exact) mass is 226 g/mol. The zero-order valence-electron chi connectivity index (χ0n) is 9.12. The Balaban J connectivity index is 1.88. The van der Waals surface area contributed by atoms with Gasteiger partial charge in [0, 0.05) is 17.5 Å². The molecule has 1 atom stereocenters. The summed E-state index contributed by atoms with van der Waals surface area (Å²) in [6, 6.07) is 0.212. The van der Waals surface area contributed by atoms with Gasteiger partial charge in [-0.1, -0.05) is 6.92 Å². The SMILES string of the molecule is CCC(CO)NCc1nc2c(s1)CCC2. The average molecular weight is 226 g/mol. The summed E-state index contributed by atoms with van der Waals surface area (Å²) < 4.78 is 0. The van der Waals surface area contributed by atoms with Crippen LogP contribution in [0.15, 0.2) is 0 Å². The molecule has 2 N–H and O–H groups in total. The molecule has 0 bridgehead atoms. The van der Waals surface area contributed by atoms with Crippen molar-refractivity contribution < 1.29 is 5.11 Å². The van der Waals surface area contributed by atoms with Crippen LogP contribution in [0.5, 0.6) is 0 Å². The zero-order chi connectivity index (χ0) is 10.7. The second kappa shape index (κ2) is 5.05. The molecule has 0 spiro atoms. The maximum Gasteiger partial charge on any atom is 0.107 e. The Hall–Kier alpha value is -0.450. The normalized spacial score (nSPS) is 16.7. The highest BCUT2D eigenvalue weighted by atomic mass is 32.1. The van der Waals surface area contributed by atoms with Crippen molar-refractivity contribution in [2.75, 3.05) is 6.61 Å². The number of aliphatic hydroxyl groups excluding tert-OH is 1. The molecular weight excluding hydrogens is 208 g/mol. The van der Waals surface area contributed by atoms with E-state index in [-0.39, 0.29) is 12.6 Å². The van der Waals surface area contributed by atoms with Crippen LogP contribution >= 0.6 is 11.3 Å². The van der Waals surface area contributed by atoms with E-state index < -0.39 is 0 Å². The molecular formula is C11H18N2OS. The van der Waals surface area contributed by atoms with Crippen LogP contribution in [0, 0.1) is 0 Å². The highest BCUT2D eigenvalue weighted by Gasteiger charge is 2.16. The van der Waals surface area contributed by atoms with Crippen LogP contribution in [0.2, 0.25) is 0 Å². The van der Waals surface area contributed by atoms with Crippen LogP contribution in [-0.2, 0) is 19.4 Å². The van der Waals surface area contributed by atoms with Crippen molar-refractivity contribution in [2.45, 2.75) is 45.2 Å². The first-order valence-corrected chi connectivity index (χ1v) is 6.46. The summed E-state index contributed by atoms with van der Waals surface area (Å²) in [5, 5.41) is 13.5. The van der Waals surface area contributed by atoms with Crippen LogP contribution < -0.4 is 5.32 Å². The maximum atomic E-state index is 9.04. The van der Waals surface area contributed by atoms with Crippen LogP contribution in [0.3, 0.4) is 0 Å². The molecule has 0 fully saturated rings. The molecule has 84 valence electrons. The Morgan fingerprint density at radius 2 is 2.40 bits per heavy atom. The summed E-state index contributed by atoms with van der Waals surface area (Å²) in [5.41, 5.74) is 1.31. The standard InChI is InChI=1S/C11H18N2OS/c1-2-8(7-14)12-6-11-13-9-4-3-5-10(9)15-11/h8,12,14H,2-7H2,1H3. The smallest absolute Gasteiger partial charge is 0.107 e. The minimum atomic E-state index is 0.210. The first kappa shape index (κ1) is 11.0. The lowest BCUT2D eigenvalue weighted by Crippen LogP contribution is -2.31. The summed E-state index contributed by atoms with van der Waals surface area (Å²) in [7, 11) is 0. The molecule has 0 saturated carbocycles. The van der Waals surface area contributed by atoms with Gasteiger partial charge < -0.3 is 10.4 Å². The second-order valence-electron chi connectivity index (χ2n) is 4.00. The number of thiazole rings is 1. The van der Waals surface area contributed by atoms with Crippen molar-refractivity contribution in [3.8, 4) is 0 Å². The minimum absolute atomic E-state index is 0.210. The Bertz CT molecular complexity index is 299. The fourth-order valence-electron chi connectivity index (χ4n) is 1.89. The number of aryl methyl sites for hydroxylation is 2. The van der Waals surface area contributed by atoms with Gasteiger partial charge in [0.1, 0.15) is 5.01 Å². The van der Waals surface area contributed by atoms with Crippen molar-refractivity contribution in [2.24, 2.45) is 0 Å². The third-order valence-corrected chi connectivity index (χ3v) is 4.05. The lowest BCUT2D eigenvalue weighted by molar-refractivity contribution is 0.238. The van der Waals surface area contributed by atoms with Gasteiger partial charge in [0.25, 0.3) is 0 Å². The zero-order valence-corrected chi connectivity index (χ0v) is 9.94. The topological polar surface area (TPSA) is 45.1 Å². The molecule has 1 unspecified atom stereocenters. The van der Waals surface area contributed by atoms with Gasteiger partial charge in [-0.15, -0.1) is 11.3 Å². The number of aromatic nitrogens is 1. The number of nitrogens with one attached hydrogen (secondary N) is 1. The van der Waals surface area contributed by atoms with E-state index in [1.54, 1.807) is 0 Å². The second-order valence-corrected chi connectivity index (χ2v) is 5.17. The summed E-state index contributed by atoms with van der Waals surface area (Å²) in [6.07, 6.45) is 4.60. The van der Waals surface area contributed by atoms with Crippen molar-refractivity contribution in [3.05, 3.63) is 15.6 Å². The molecule has 1 aliphatic carbocycles. The van der Waals surface area contributed by atoms with Crippen molar-refractivity contribution in [1.82, 2.24) is 10.3 Å². The molecule has 15 heavy (non-hydrogen) atoms. The van der Waals surface area contributed by atoms with E-state index in [9.17, 15) is 0 Å². The molecule has 2 rings (SSSR count). The maximum absolute atomic E-state index is 9.04. The Kier molecular flexibility index (Phi) is 3.72. The van der Waals surface area contributed by atoms with Gasteiger partial charge >= 0.3 is 0 Å². The van der Waals surface area contributed by atoms with Crippen LogP contribution in [0.1, 0.15) is 35.3 Å². The van der Waals surface area contributed by atoms with E-state index in [1.165, 1.54) is 28.4 Å². The van der Waals surface area contributed by atoms with E-state index in [2.05, 4.69) is 17.2 Å². The number of hydrogen-bond acceptors (Lipinski definition) is 4. The summed E-state index contributed by atoms with van der Waals surface area (Å²) >= 11 is 1.83. The molecule has 1 heterocycles. The van der Waals surface area contributed by atoms with Crippen LogP contribution in [0.4, 0.5) is 0 Å². The van der Waals surface area contributed by atoms with E-state index in [4.69, 9.17) is 5.11 Å². The van der Waals surface area contributed by atoms with Crippen LogP contribution in [-0.4, -0.2) is 22.7 Å². The summed E-state index contributed by atoms with van der Waals surface area (Å²) in [4.78, 5) is 6.08. The van der Waals surface area contributed by atoms with E-state index in [1.807, 2.05) is 11.3 Å². The first-order chi connectivity index (χ1) is 7.33. The number of rotatable bonds is 5. The molecule has 0 aliphatic heterocycles. The molecule has 1 aromatic rings. The number of hydrogen-bond donors (Lipinski definition) is 2. The van der Waals surface area contributed by atoms with Gasteiger partial charge in [-0.05, 0) is 25.7 Å². The fraction of sp³-hybridized carbons (Fsp3) is 0.727. The Morgan fingerprint density at radius 1 is 1.53 bits per heavy atom. The molecule has 4 heteroatoms. The third-order valence-electron chi connectivity index (χ3n) is 2.90. The predicted octanol–water partition coefficient (Wildman–Crippen LogP) is 1.49. The molecule has 1 aliphatic rings. The van der Waals surface area contributed by atoms with Gasteiger partial charge in [-0.25, -0.2) is 4.98 Å². The van der Waals surface area contributed by atoms with Crippen LogP contribution in [0.25, 0.3) is 0 Å². The van der Waals surface area contributed by atoms with E-state index in [0.29, 0.717) is 0 Å². The third kappa shape index (κ3) is 2.56. The van der Waals surface area contributed by atoms with Gasteiger partial charge in [0.15, 0.2) is 0 Å². The fourth-order valence-corrected chi connectivity index (χ4v) is 3.00. The van der Waals surface area contributed by atoms with E-state index >= 15 is 0 Å². The molecule has 3 nitrogen and oxygen atoms in total. The molecule has 0 amide bonds. The lowest BCUT2D eigenvalue weighted by Gasteiger charge is -2.12. The predicted molar refractivity (Wildman–Crippen MR) is 62.1 cm³/mol. The first-order valence-electron chi connectivity index (χ1n) is 5.65. The van der Waals surface area contributed by atoms with E-state index in [0.717, 1.165) is 19.4 Å². The summed E-state index contributed by atoms with van der Waals surface area (Å²) in [5.74, 6) is 0. The highest BCUT2D eigenvalue weighted by molar-refractivity contribution is 7.11. The largest absolute Gasteiger partial charge is 0.395 e. The summed E-state index contributed by atoms with van der Waals surface area (Å²) in [6.45, 7) is 3.09. The van der Waals surface area contributed by atoms with Crippen molar-refractivity contribution >= 4 is 11.3 Å². The van der Waals surface area contributed by atoms with Gasteiger partial charge in [-0.3, -0.25) is 0 Å². The number of nitrogens with zero attached hydrogens (tertiary/aromatic N) is 1. The minimum Gasteiger partial charge on any atom is -0.395 e. The number of aliphatic hydroxyl groups is 1. The average Bonchev–Trinajstić information content (AvgIpc) is 2.79. The highest BCUT2D eigenvalue weighted by Crippen LogP contribution is 2.27. The number of fused-ring (bicyclic) bond motifs is 1. The van der Waals surface area contributed by atoms with Crippen molar-refractivity contribution in [1.29, 1.82) is 0 Å². The molecule has 1 aromatic heterocycles. The van der Waals surface area contributed by atoms with Gasteiger partial charge in [0.2, 0.25) is 0 Å². The van der Waals surface area contributed by atoms with Crippen molar-refractivity contribution in [3.63, 3.8) is 0 Å². The molecule has 0 saturated heterocycles. The quantitative estimate of drug-likeness (QED) is 0.799. The molecule has 0 radical (unpaired) electrons. The lowest BCUT2D eigenvalue weighted by atomic mass is 10.2. The molecule has 0 aromatic carbocycles. The Labute approximate surface area is 94.5 Å². The Morgan fingerprint density at radius 3 is 3.07 bits per heavy atom.